The van der Waals surface area contributed by atoms with Crippen LogP contribution in [0.5, 0.6) is 0 Å². The molecule has 0 spiro atoms. The number of nitrogens with zero attached hydrogens (tertiary/aromatic N) is 3. The summed E-state index contributed by atoms with van der Waals surface area (Å²) in [6.07, 6.45) is 3.34. The first-order valence-electron chi connectivity index (χ1n) is 11.1. The Labute approximate surface area is 193 Å². The molecule has 0 saturated carbocycles. The van der Waals surface area contributed by atoms with E-state index in [2.05, 4.69) is 23.7 Å². The minimum absolute atomic E-state index is 0.102. The van der Waals surface area contributed by atoms with Crippen LogP contribution in [0.25, 0.3) is 5.76 Å². The zero-order chi connectivity index (χ0) is 23.4. The van der Waals surface area contributed by atoms with Gasteiger partial charge in [-0.2, -0.15) is 0 Å². The van der Waals surface area contributed by atoms with Crippen molar-refractivity contribution in [2.45, 2.75) is 26.4 Å². The number of aliphatic hydroxyl groups is 1. The summed E-state index contributed by atoms with van der Waals surface area (Å²) in [5.74, 6) is -1.48. The molecule has 0 bridgehead atoms. The monoisotopic (exact) mass is 441 g/mol. The standard InChI is InChI=1S/C27H27N3O3/c1-3-29(4-2)22-14-12-20(13-15-22)24-23(25(31)21-10-6-5-7-11-21)26(32)27(33)30(24)18-19-9-8-16-28-17-19/h5-17,24,31H,3-4,18H2,1-2H3/b25-23-. The zero-order valence-electron chi connectivity index (χ0n) is 18.8. The normalized spacial score (nSPS) is 17.4. The second kappa shape index (κ2) is 9.69. The summed E-state index contributed by atoms with van der Waals surface area (Å²) in [7, 11) is 0. The van der Waals surface area contributed by atoms with E-state index in [1.54, 1.807) is 42.7 Å². The van der Waals surface area contributed by atoms with Crippen LogP contribution in [0.3, 0.4) is 0 Å². The van der Waals surface area contributed by atoms with Crippen LogP contribution in [0.15, 0.2) is 84.7 Å². The fraction of sp³-hybridized carbons (Fsp3) is 0.222. The summed E-state index contributed by atoms with van der Waals surface area (Å²) in [5, 5.41) is 11.1. The largest absolute Gasteiger partial charge is 0.507 e. The third-order valence-corrected chi connectivity index (χ3v) is 6.00. The van der Waals surface area contributed by atoms with Crippen molar-refractivity contribution in [1.29, 1.82) is 0 Å². The number of carbonyl (C=O) groups is 2. The molecule has 1 saturated heterocycles. The van der Waals surface area contributed by atoms with Crippen LogP contribution in [0.2, 0.25) is 0 Å². The van der Waals surface area contributed by atoms with Crippen LogP contribution in [-0.4, -0.2) is 39.8 Å². The van der Waals surface area contributed by atoms with Gasteiger partial charge < -0.3 is 14.9 Å². The van der Waals surface area contributed by atoms with Gasteiger partial charge in [-0.1, -0.05) is 48.5 Å². The fourth-order valence-electron chi connectivity index (χ4n) is 4.29. The summed E-state index contributed by atoms with van der Waals surface area (Å²) >= 11 is 0. The molecule has 3 aromatic rings. The average molecular weight is 442 g/mol. The van der Waals surface area contributed by atoms with E-state index < -0.39 is 17.7 Å². The van der Waals surface area contributed by atoms with E-state index in [1.165, 1.54) is 4.90 Å². The Kier molecular flexibility index (Phi) is 6.54. The molecular formula is C27H27N3O3. The number of pyridine rings is 1. The highest BCUT2D eigenvalue weighted by molar-refractivity contribution is 6.46. The van der Waals surface area contributed by atoms with Gasteiger partial charge in [0.05, 0.1) is 11.6 Å². The van der Waals surface area contributed by atoms with Gasteiger partial charge in [0, 0.05) is 43.3 Å². The summed E-state index contributed by atoms with van der Waals surface area (Å²) in [6, 6.07) is 19.7. The van der Waals surface area contributed by atoms with Gasteiger partial charge in [-0.25, -0.2) is 0 Å². The van der Waals surface area contributed by atoms with Gasteiger partial charge in [-0.15, -0.1) is 0 Å². The third-order valence-electron chi connectivity index (χ3n) is 6.00. The number of hydrogen-bond acceptors (Lipinski definition) is 5. The molecule has 1 unspecified atom stereocenters. The number of aromatic nitrogens is 1. The van der Waals surface area contributed by atoms with Crippen LogP contribution in [-0.2, 0) is 16.1 Å². The van der Waals surface area contributed by atoms with Gasteiger partial charge >= 0.3 is 0 Å². The summed E-state index contributed by atoms with van der Waals surface area (Å²) < 4.78 is 0. The number of anilines is 1. The smallest absolute Gasteiger partial charge is 0.295 e. The van der Waals surface area contributed by atoms with Crippen molar-refractivity contribution in [2.24, 2.45) is 0 Å². The molecular weight excluding hydrogens is 414 g/mol. The maximum absolute atomic E-state index is 13.1. The van der Waals surface area contributed by atoms with Gasteiger partial charge in [0.25, 0.3) is 11.7 Å². The predicted molar refractivity (Wildman–Crippen MR) is 129 cm³/mol. The van der Waals surface area contributed by atoms with Gasteiger partial charge in [0.1, 0.15) is 5.76 Å². The molecule has 1 aliphatic rings. The molecule has 6 nitrogen and oxygen atoms in total. The molecule has 0 aliphatic carbocycles. The van der Waals surface area contributed by atoms with E-state index in [0.29, 0.717) is 5.56 Å². The average Bonchev–Trinajstić information content (AvgIpc) is 3.11. The molecule has 2 heterocycles. The van der Waals surface area contributed by atoms with Crippen molar-refractivity contribution < 1.29 is 14.7 Å². The minimum atomic E-state index is -0.698. The molecule has 1 aliphatic heterocycles. The lowest BCUT2D eigenvalue weighted by molar-refractivity contribution is -0.140. The molecule has 33 heavy (non-hydrogen) atoms. The molecule has 0 radical (unpaired) electrons. The van der Waals surface area contributed by atoms with Crippen molar-refractivity contribution >= 4 is 23.1 Å². The van der Waals surface area contributed by atoms with E-state index >= 15 is 0 Å². The molecule has 168 valence electrons. The van der Waals surface area contributed by atoms with E-state index in [4.69, 9.17) is 0 Å². The number of amides is 1. The van der Waals surface area contributed by atoms with E-state index in [1.807, 2.05) is 36.4 Å². The van der Waals surface area contributed by atoms with Gasteiger partial charge in [0.15, 0.2) is 0 Å². The van der Waals surface area contributed by atoms with E-state index in [0.717, 1.165) is 29.9 Å². The van der Waals surface area contributed by atoms with Crippen LogP contribution < -0.4 is 4.90 Å². The first kappa shape index (κ1) is 22.3. The first-order valence-corrected chi connectivity index (χ1v) is 11.1. The second-order valence-corrected chi connectivity index (χ2v) is 7.92. The Hall–Kier alpha value is -3.93. The molecule has 1 amide bonds. The number of likely N-dealkylation sites (tertiary alicyclic amines) is 1. The Morgan fingerprint density at radius 2 is 1.67 bits per heavy atom. The van der Waals surface area contributed by atoms with E-state index in [9.17, 15) is 14.7 Å². The number of carbonyl (C=O) groups excluding carboxylic acids is 2. The Morgan fingerprint density at radius 3 is 2.27 bits per heavy atom. The molecule has 1 fully saturated rings. The highest BCUT2D eigenvalue weighted by Crippen LogP contribution is 2.40. The Morgan fingerprint density at radius 1 is 0.970 bits per heavy atom. The maximum Gasteiger partial charge on any atom is 0.295 e. The minimum Gasteiger partial charge on any atom is -0.507 e. The number of hydrogen-bond donors (Lipinski definition) is 1. The lowest BCUT2D eigenvalue weighted by Gasteiger charge is -2.26. The molecule has 2 aromatic carbocycles. The first-order chi connectivity index (χ1) is 16.0. The van der Waals surface area contributed by atoms with Crippen LogP contribution in [0.4, 0.5) is 5.69 Å². The Bertz CT molecular complexity index is 1150. The highest BCUT2D eigenvalue weighted by Gasteiger charge is 2.46. The lowest BCUT2D eigenvalue weighted by atomic mass is 9.95. The van der Waals surface area contributed by atoms with Gasteiger partial charge in [-0.3, -0.25) is 14.6 Å². The van der Waals surface area contributed by atoms with Crippen molar-refractivity contribution in [1.82, 2.24) is 9.88 Å². The third kappa shape index (κ3) is 4.37. The topological polar surface area (TPSA) is 73.7 Å². The Balaban J connectivity index is 1.82. The maximum atomic E-state index is 13.1. The van der Waals surface area contributed by atoms with Gasteiger partial charge in [-0.05, 0) is 43.2 Å². The molecule has 1 N–H and O–H groups in total. The van der Waals surface area contributed by atoms with Crippen LogP contribution in [0.1, 0.15) is 36.6 Å². The quantitative estimate of drug-likeness (QED) is 0.331. The summed E-state index contributed by atoms with van der Waals surface area (Å²) in [6.45, 7) is 6.17. The molecule has 6 heteroatoms. The lowest BCUT2D eigenvalue weighted by Crippen LogP contribution is -2.29. The second-order valence-electron chi connectivity index (χ2n) is 7.92. The fourth-order valence-corrected chi connectivity index (χ4v) is 4.29. The number of aliphatic hydroxyl groups excluding tert-OH is 1. The summed E-state index contributed by atoms with van der Waals surface area (Å²) in [4.78, 5) is 34.1. The SMILES string of the molecule is CCN(CC)c1ccc(C2/C(=C(/O)c3ccccc3)C(=O)C(=O)N2Cc2cccnc2)cc1. The van der Waals surface area contributed by atoms with Crippen LogP contribution >= 0.6 is 0 Å². The van der Waals surface area contributed by atoms with Crippen LogP contribution in [0, 0.1) is 0 Å². The molecule has 4 rings (SSSR count). The zero-order valence-corrected chi connectivity index (χ0v) is 18.8. The van der Waals surface area contributed by atoms with Crippen molar-refractivity contribution in [2.75, 3.05) is 18.0 Å². The van der Waals surface area contributed by atoms with Gasteiger partial charge in [0.2, 0.25) is 0 Å². The summed E-state index contributed by atoms with van der Waals surface area (Å²) in [5.41, 5.74) is 3.25. The number of rotatable bonds is 7. The number of Topliss-reactive ketones (excluding diaryl/α,β-unsaturated/α-hetero) is 1. The van der Waals surface area contributed by atoms with Crippen molar-refractivity contribution in [3.8, 4) is 0 Å². The molecule has 1 atom stereocenters. The number of ketones is 1. The number of benzene rings is 2. The van der Waals surface area contributed by atoms with Crippen molar-refractivity contribution in [3.05, 3.63) is 101 Å². The van der Waals surface area contributed by atoms with Crippen molar-refractivity contribution in [3.63, 3.8) is 0 Å². The predicted octanol–water partition coefficient (Wildman–Crippen LogP) is 4.55. The molecule has 1 aromatic heterocycles. The highest BCUT2D eigenvalue weighted by atomic mass is 16.3. The van der Waals surface area contributed by atoms with E-state index in [-0.39, 0.29) is 17.9 Å².